The number of unbranched alkanes of at least 4 members (excludes halogenated alkanes) is 2. The summed E-state index contributed by atoms with van der Waals surface area (Å²) in [7, 11) is 0. The van der Waals surface area contributed by atoms with Crippen LogP contribution in [0.5, 0.6) is 0 Å². The number of hydrogen-bond donors (Lipinski definition) is 0. The van der Waals surface area contributed by atoms with Crippen LogP contribution in [0.3, 0.4) is 0 Å². The number of Topliss-reactive ketones (excluding diaryl/α,β-unsaturated/α-hetero) is 1. The van der Waals surface area contributed by atoms with Crippen molar-refractivity contribution in [3.05, 3.63) is 33.8 Å². The summed E-state index contributed by atoms with van der Waals surface area (Å²) in [6.07, 6.45) is 4.23. The van der Waals surface area contributed by atoms with E-state index in [4.69, 9.17) is 23.2 Å². The van der Waals surface area contributed by atoms with Crippen LogP contribution in [-0.4, -0.2) is 5.78 Å². The van der Waals surface area contributed by atoms with Crippen LogP contribution in [0.1, 0.15) is 38.2 Å². The van der Waals surface area contributed by atoms with E-state index in [2.05, 4.69) is 6.92 Å². The lowest BCUT2D eigenvalue weighted by molar-refractivity contribution is -0.118. The highest BCUT2D eigenvalue weighted by Gasteiger charge is 2.07. The molecule has 0 amide bonds. The largest absolute Gasteiger partial charge is 0.299 e. The van der Waals surface area contributed by atoms with Crippen molar-refractivity contribution in [3.63, 3.8) is 0 Å². The number of ketones is 1. The van der Waals surface area contributed by atoms with Crippen LogP contribution in [0.15, 0.2) is 18.2 Å². The molecule has 3 heteroatoms. The van der Waals surface area contributed by atoms with Gasteiger partial charge in [-0.25, -0.2) is 0 Å². The minimum atomic E-state index is 0.234. The summed E-state index contributed by atoms with van der Waals surface area (Å²) in [4.78, 5) is 11.6. The molecule has 0 saturated heterocycles. The van der Waals surface area contributed by atoms with Crippen LogP contribution in [0.2, 0.25) is 10.0 Å². The minimum absolute atomic E-state index is 0.234. The zero-order valence-corrected chi connectivity index (χ0v) is 10.9. The fourth-order valence-corrected chi connectivity index (χ4v) is 1.93. The zero-order valence-electron chi connectivity index (χ0n) is 9.43. The SMILES string of the molecule is CCCCCC(=O)Cc1cc(Cl)ccc1Cl. The predicted octanol–water partition coefficient (Wildman–Crippen LogP) is 4.69. The quantitative estimate of drug-likeness (QED) is 0.677. The number of carbonyl (C=O) groups is 1. The van der Waals surface area contributed by atoms with E-state index in [-0.39, 0.29) is 5.78 Å². The highest BCUT2D eigenvalue weighted by Crippen LogP contribution is 2.21. The molecule has 0 radical (unpaired) electrons. The van der Waals surface area contributed by atoms with Crippen molar-refractivity contribution in [2.24, 2.45) is 0 Å². The van der Waals surface area contributed by atoms with Gasteiger partial charge in [-0.05, 0) is 30.2 Å². The molecule has 0 fully saturated rings. The molecule has 0 aliphatic rings. The number of benzene rings is 1. The summed E-state index contributed by atoms with van der Waals surface area (Å²) in [6.45, 7) is 2.12. The van der Waals surface area contributed by atoms with Gasteiger partial charge in [0.15, 0.2) is 0 Å². The Labute approximate surface area is 107 Å². The van der Waals surface area contributed by atoms with Gasteiger partial charge in [0.05, 0.1) is 0 Å². The lowest BCUT2D eigenvalue weighted by Crippen LogP contribution is -2.03. The van der Waals surface area contributed by atoms with E-state index in [0.29, 0.717) is 22.9 Å². The van der Waals surface area contributed by atoms with Gasteiger partial charge >= 0.3 is 0 Å². The maximum Gasteiger partial charge on any atom is 0.137 e. The van der Waals surface area contributed by atoms with E-state index >= 15 is 0 Å². The van der Waals surface area contributed by atoms with Gasteiger partial charge in [0.2, 0.25) is 0 Å². The third-order valence-corrected chi connectivity index (χ3v) is 3.06. The predicted molar refractivity (Wildman–Crippen MR) is 69.3 cm³/mol. The monoisotopic (exact) mass is 258 g/mol. The molecule has 0 spiro atoms. The van der Waals surface area contributed by atoms with Gasteiger partial charge in [-0.15, -0.1) is 0 Å². The summed E-state index contributed by atoms with van der Waals surface area (Å²) in [5.74, 6) is 0.234. The Morgan fingerprint density at radius 3 is 2.69 bits per heavy atom. The molecule has 0 bridgehead atoms. The van der Waals surface area contributed by atoms with E-state index in [1.54, 1.807) is 18.2 Å². The average molecular weight is 259 g/mol. The molecule has 16 heavy (non-hydrogen) atoms. The van der Waals surface area contributed by atoms with E-state index in [9.17, 15) is 4.79 Å². The third kappa shape index (κ3) is 4.54. The van der Waals surface area contributed by atoms with Gasteiger partial charge < -0.3 is 0 Å². The second kappa shape index (κ2) is 6.93. The molecule has 0 atom stereocenters. The Morgan fingerprint density at radius 1 is 1.25 bits per heavy atom. The van der Waals surface area contributed by atoms with Gasteiger partial charge in [-0.3, -0.25) is 4.79 Å². The molecule has 0 aliphatic carbocycles. The Morgan fingerprint density at radius 2 is 2.00 bits per heavy atom. The van der Waals surface area contributed by atoms with Crippen molar-refractivity contribution in [2.45, 2.75) is 39.0 Å². The molecule has 0 N–H and O–H groups in total. The van der Waals surface area contributed by atoms with E-state index in [0.717, 1.165) is 24.8 Å². The average Bonchev–Trinajstić information content (AvgIpc) is 2.24. The van der Waals surface area contributed by atoms with Crippen LogP contribution in [0.25, 0.3) is 0 Å². The fourth-order valence-electron chi connectivity index (χ4n) is 1.55. The summed E-state index contributed by atoms with van der Waals surface area (Å²) < 4.78 is 0. The van der Waals surface area contributed by atoms with Gasteiger partial charge in [0.25, 0.3) is 0 Å². The first-order valence-electron chi connectivity index (χ1n) is 5.59. The number of hydrogen-bond acceptors (Lipinski definition) is 1. The summed E-state index contributed by atoms with van der Waals surface area (Å²) in [5.41, 5.74) is 0.829. The number of halogens is 2. The van der Waals surface area contributed by atoms with Gasteiger partial charge in [-0.2, -0.15) is 0 Å². The molecule has 0 heterocycles. The lowest BCUT2D eigenvalue weighted by atomic mass is 10.0. The Balaban J connectivity index is 2.52. The summed E-state index contributed by atoms with van der Waals surface area (Å²) in [6, 6.07) is 5.23. The molecule has 0 unspecified atom stereocenters. The molecule has 0 aromatic heterocycles. The molecule has 1 nitrogen and oxygen atoms in total. The standard InChI is InChI=1S/C13H16Cl2O/c1-2-3-4-5-12(16)9-10-8-11(14)6-7-13(10)15/h6-8H,2-5,9H2,1H3. The second-order valence-electron chi connectivity index (χ2n) is 3.91. The van der Waals surface area contributed by atoms with Gasteiger partial charge in [-0.1, -0.05) is 43.0 Å². The first-order chi connectivity index (χ1) is 7.63. The van der Waals surface area contributed by atoms with Gasteiger partial charge in [0.1, 0.15) is 5.78 Å². The molecular weight excluding hydrogens is 243 g/mol. The molecule has 1 aromatic rings. The van der Waals surface area contributed by atoms with Crippen molar-refractivity contribution >= 4 is 29.0 Å². The maximum absolute atomic E-state index is 11.6. The second-order valence-corrected chi connectivity index (χ2v) is 4.75. The van der Waals surface area contributed by atoms with Crippen molar-refractivity contribution in [3.8, 4) is 0 Å². The van der Waals surface area contributed by atoms with Crippen LogP contribution >= 0.6 is 23.2 Å². The molecular formula is C13H16Cl2O. The first-order valence-corrected chi connectivity index (χ1v) is 6.34. The lowest BCUT2D eigenvalue weighted by Gasteiger charge is -2.04. The van der Waals surface area contributed by atoms with E-state index in [1.165, 1.54) is 0 Å². The Hall–Kier alpha value is -0.530. The van der Waals surface area contributed by atoms with E-state index in [1.807, 2.05) is 0 Å². The minimum Gasteiger partial charge on any atom is -0.299 e. The zero-order chi connectivity index (χ0) is 12.0. The number of carbonyl (C=O) groups excluding carboxylic acids is 1. The summed E-state index contributed by atoms with van der Waals surface area (Å²) in [5, 5.41) is 1.24. The molecule has 1 aromatic carbocycles. The summed E-state index contributed by atoms with van der Waals surface area (Å²) >= 11 is 11.8. The maximum atomic E-state index is 11.6. The highest BCUT2D eigenvalue weighted by molar-refractivity contribution is 6.33. The van der Waals surface area contributed by atoms with Crippen molar-refractivity contribution < 1.29 is 4.79 Å². The Bertz CT molecular complexity index is 361. The van der Waals surface area contributed by atoms with Crippen molar-refractivity contribution in [1.29, 1.82) is 0 Å². The van der Waals surface area contributed by atoms with E-state index < -0.39 is 0 Å². The van der Waals surface area contributed by atoms with Gasteiger partial charge in [0, 0.05) is 22.9 Å². The Kier molecular flexibility index (Phi) is 5.86. The molecule has 0 saturated carbocycles. The van der Waals surface area contributed by atoms with Crippen LogP contribution in [0.4, 0.5) is 0 Å². The normalized spacial score (nSPS) is 10.4. The molecule has 1 rings (SSSR count). The highest BCUT2D eigenvalue weighted by atomic mass is 35.5. The first kappa shape index (κ1) is 13.5. The molecule has 88 valence electrons. The topological polar surface area (TPSA) is 17.1 Å². The van der Waals surface area contributed by atoms with Crippen molar-refractivity contribution in [1.82, 2.24) is 0 Å². The smallest absolute Gasteiger partial charge is 0.137 e. The van der Waals surface area contributed by atoms with Crippen LogP contribution in [-0.2, 0) is 11.2 Å². The fraction of sp³-hybridized carbons (Fsp3) is 0.462. The van der Waals surface area contributed by atoms with Crippen LogP contribution in [0, 0.1) is 0 Å². The van der Waals surface area contributed by atoms with Crippen molar-refractivity contribution in [2.75, 3.05) is 0 Å². The molecule has 0 aliphatic heterocycles. The van der Waals surface area contributed by atoms with Crippen LogP contribution < -0.4 is 0 Å². The number of rotatable bonds is 6. The third-order valence-electron chi connectivity index (χ3n) is 2.45.